The molecule has 0 saturated carbocycles. The first-order chi connectivity index (χ1) is 13.8. The molecule has 150 valence electrons. The summed E-state index contributed by atoms with van der Waals surface area (Å²) in [6.45, 7) is 0. The van der Waals surface area contributed by atoms with Gasteiger partial charge in [0.05, 0.1) is 18.7 Å². The lowest BCUT2D eigenvalue weighted by atomic mass is 9.99. The first-order valence-electron chi connectivity index (χ1n) is 8.78. The molecule has 0 bridgehead atoms. The van der Waals surface area contributed by atoms with Crippen LogP contribution in [0.15, 0.2) is 42.5 Å². The molecule has 0 amide bonds. The zero-order valence-electron chi connectivity index (χ0n) is 15.5. The third-order valence-electron chi connectivity index (χ3n) is 4.45. The van der Waals surface area contributed by atoms with E-state index in [0.29, 0.717) is 24.0 Å². The summed E-state index contributed by atoms with van der Waals surface area (Å²) in [7, 11) is 1.32. The van der Waals surface area contributed by atoms with E-state index < -0.39 is 6.36 Å². The Morgan fingerprint density at radius 3 is 2.52 bits per heavy atom. The van der Waals surface area contributed by atoms with Crippen molar-refractivity contribution in [2.75, 3.05) is 7.11 Å². The molecule has 0 fully saturated rings. The van der Waals surface area contributed by atoms with Gasteiger partial charge < -0.3 is 14.5 Å². The molecule has 3 aromatic rings. The third kappa shape index (κ3) is 4.88. The second kappa shape index (κ2) is 8.27. The summed E-state index contributed by atoms with van der Waals surface area (Å²) in [5.41, 5.74) is 3.56. The zero-order valence-corrected chi connectivity index (χ0v) is 15.5. The molecule has 0 aliphatic heterocycles. The van der Waals surface area contributed by atoms with Gasteiger partial charge in [-0.25, -0.2) is 0 Å². The van der Waals surface area contributed by atoms with E-state index in [1.165, 1.54) is 31.4 Å². The van der Waals surface area contributed by atoms with Gasteiger partial charge in [0.2, 0.25) is 0 Å². The van der Waals surface area contributed by atoms with E-state index >= 15 is 0 Å². The number of rotatable bonds is 6. The third-order valence-corrected chi connectivity index (χ3v) is 4.45. The average Bonchev–Trinajstić information content (AvgIpc) is 3.05. The molecule has 1 N–H and O–H groups in total. The topological polar surface area (TPSA) is 75.1 Å². The van der Waals surface area contributed by atoms with Crippen LogP contribution >= 0.6 is 0 Å². The molecule has 0 spiro atoms. The maximum Gasteiger partial charge on any atom is 0.573 e. The summed E-state index contributed by atoms with van der Waals surface area (Å²) in [4.78, 5) is 14.7. The molecule has 0 radical (unpaired) electrons. The molecule has 0 saturated heterocycles. The Kier molecular flexibility index (Phi) is 5.78. The minimum atomic E-state index is -4.75. The van der Waals surface area contributed by atoms with E-state index in [-0.39, 0.29) is 18.1 Å². The minimum absolute atomic E-state index is 0.235. The van der Waals surface area contributed by atoms with Gasteiger partial charge in [0.15, 0.2) is 0 Å². The van der Waals surface area contributed by atoms with Crippen molar-refractivity contribution in [2.45, 2.75) is 25.6 Å². The number of benzene rings is 2. The smallest absolute Gasteiger partial charge is 0.469 e. The first kappa shape index (κ1) is 20.3. The molecule has 0 aliphatic carbocycles. The molecule has 5 nitrogen and oxygen atoms in total. The van der Waals surface area contributed by atoms with Crippen molar-refractivity contribution in [3.63, 3.8) is 0 Å². The number of hydrogen-bond donors (Lipinski definition) is 1. The van der Waals surface area contributed by atoms with Gasteiger partial charge >= 0.3 is 12.3 Å². The number of carbonyl (C=O) groups excluding carboxylic acids is 1. The van der Waals surface area contributed by atoms with Gasteiger partial charge in [-0.2, -0.15) is 5.26 Å². The molecule has 8 heteroatoms. The number of H-pyrrole nitrogens is 1. The quantitative estimate of drug-likeness (QED) is 0.582. The fraction of sp³-hybridized carbons (Fsp3) is 0.238. The Morgan fingerprint density at radius 1 is 1.17 bits per heavy atom. The van der Waals surface area contributed by atoms with E-state index in [9.17, 15) is 23.2 Å². The number of aryl methyl sites for hydroxylation is 1. The number of halogens is 3. The van der Waals surface area contributed by atoms with E-state index in [4.69, 9.17) is 0 Å². The number of methoxy groups -OCH3 is 1. The largest absolute Gasteiger partial charge is 0.573 e. The van der Waals surface area contributed by atoms with E-state index in [0.717, 1.165) is 22.2 Å². The van der Waals surface area contributed by atoms with Gasteiger partial charge in [0.25, 0.3) is 0 Å². The van der Waals surface area contributed by atoms with Crippen molar-refractivity contribution < 1.29 is 27.4 Å². The summed E-state index contributed by atoms with van der Waals surface area (Å²) >= 11 is 0. The summed E-state index contributed by atoms with van der Waals surface area (Å²) in [5.74, 6) is -0.630. The SMILES string of the molecule is COC(=O)CCCc1c(-c2ccc(OC(F)(F)F)cc2)[nH]c2ccc(C#N)cc12. The van der Waals surface area contributed by atoms with Gasteiger partial charge in [0.1, 0.15) is 5.75 Å². The van der Waals surface area contributed by atoms with Crippen LogP contribution in [0.1, 0.15) is 24.0 Å². The van der Waals surface area contributed by atoms with Crippen molar-refractivity contribution in [2.24, 2.45) is 0 Å². The molecular weight excluding hydrogens is 385 g/mol. The Bertz CT molecular complexity index is 1060. The molecule has 3 rings (SSSR count). The molecule has 0 unspecified atom stereocenters. The summed E-state index contributed by atoms with van der Waals surface area (Å²) < 4.78 is 45.7. The number of fused-ring (bicyclic) bond motifs is 1. The minimum Gasteiger partial charge on any atom is -0.469 e. The van der Waals surface area contributed by atoms with Crippen LogP contribution < -0.4 is 4.74 Å². The van der Waals surface area contributed by atoms with Gasteiger partial charge in [-0.15, -0.1) is 13.2 Å². The van der Waals surface area contributed by atoms with Gasteiger partial charge in [-0.1, -0.05) is 0 Å². The van der Waals surface area contributed by atoms with E-state index in [1.807, 2.05) is 0 Å². The van der Waals surface area contributed by atoms with Crippen molar-refractivity contribution in [3.8, 4) is 23.1 Å². The molecule has 29 heavy (non-hydrogen) atoms. The van der Waals surface area contributed by atoms with Gasteiger partial charge in [-0.05, 0) is 66.4 Å². The van der Waals surface area contributed by atoms with Crippen LogP contribution in [-0.4, -0.2) is 24.4 Å². The number of hydrogen-bond acceptors (Lipinski definition) is 4. The highest BCUT2D eigenvalue weighted by molar-refractivity contribution is 5.91. The Morgan fingerprint density at radius 2 is 1.90 bits per heavy atom. The van der Waals surface area contributed by atoms with Crippen molar-refractivity contribution in [1.82, 2.24) is 4.98 Å². The number of nitrogens with zero attached hydrogens (tertiary/aromatic N) is 1. The van der Waals surface area contributed by atoms with Crippen molar-refractivity contribution >= 4 is 16.9 Å². The summed E-state index contributed by atoms with van der Waals surface area (Å²) in [5, 5.41) is 10.0. The van der Waals surface area contributed by atoms with Crippen LogP contribution in [0.5, 0.6) is 5.75 Å². The number of alkyl halides is 3. The molecule has 0 aliphatic rings. The number of nitriles is 1. The maximum atomic E-state index is 12.4. The second-order valence-corrected chi connectivity index (χ2v) is 6.35. The fourth-order valence-corrected chi connectivity index (χ4v) is 3.16. The van der Waals surface area contributed by atoms with Crippen LogP contribution in [-0.2, 0) is 16.0 Å². The number of nitrogens with one attached hydrogen (secondary N) is 1. The fourth-order valence-electron chi connectivity index (χ4n) is 3.16. The van der Waals surface area contributed by atoms with E-state index in [2.05, 4.69) is 20.5 Å². The van der Waals surface area contributed by atoms with Crippen LogP contribution in [0.25, 0.3) is 22.2 Å². The highest BCUT2D eigenvalue weighted by atomic mass is 19.4. The van der Waals surface area contributed by atoms with Gasteiger partial charge in [-0.3, -0.25) is 4.79 Å². The Hall–Kier alpha value is -3.47. The van der Waals surface area contributed by atoms with Crippen molar-refractivity contribution in [3.05, 3.63) is 53.6 Å². The lowest BCUT2D eigenvalue weighted by Crippen LogP contribution is -2.16. The van der Waals surface area contributed by atoms with Crippen LogP contribution in [0.2, 0.25) is 0 Å². The highest BCUT2D eigenvalue weighted by Crippen LogP contribution is 2.33. The van der Waals surface area contributed by atoms with Crippen molar-refractivity contribution in [1.29, 1.82) is 5.26 Å². The van der Waals surface area contributed by atoms with Crippen LogP contribution in [0.4, 0.5) is 13.2 Å². The number of esters is 1. The normalized spacial score (nSPS) is 11.3. The zero-order chi connectivity index (χ0) is 21.0. The predicted octanol–water partition coefficient (Wildman–Crippen LogP) is 5.10. The predicted molar refractivity (Wildman–Crippen MR) is 100 cm³/mol. The van der Waals surface area contributed by atoms with E-state index in [1.54, 1.807) is 18.2 Å². The maximum absolute atomic E-state index is 12.4. The van der Waals surface area contributed by atoms with Crippen LogP contribution in [0.3, 0.4) is 0 Å². The lowest BCUT2D eigenvalue weighted by Gasteiger charge is -2.10. The summed E-state index contributed by atoms with van der Waals surface area (Å²) in [6.07, 6.45) is -3.47. The Balaban J connectivity index is 1.98. The molecular formula is C21H17F3N2O3. The number of aromatic nitrogens is 1. The van der Waals surface area contributed by atoms with Gasteiger partial charge in [0, 0.05) is 23.0 Å². The molecule has 0 atom stereocenters. The highest BCUT2D eigenvalue weighted by Gasteiger charge is 2.31. The second-order valence-electron chi connectivity index (χ2n) is 6.35. The average molecular weight is 402 g/mol. The monoisotopic (exact) mass is 402 g/mol. The Labute approximate surface area is 164 Å². The molecule has 1 aromatic heterocycles. The number of aromatic amines is 1. The lowest BCUT2D eigenvalue weighted by molar-refractivity contribution is -0.274. The molecule has 1 heterocycles. The molecule has 2 aromatic carbocycles. The number of carbonyl (C=O) groups is 1. The summed E-state index contributed by atoms with van der Waals surface area (Å²) in [6, 6.07) is 12.9. The number of ether oxygens (including phenoxy) is 2. The van der Waals surface area contributed by atoms with Crippen LogP contribution in [0, 0.1) is 11.3 Å². The standard InChI is InChI=1S/C21H17F3N2O3/c1-28-19(27)4-2-3-16-17-11-13(12-25)5-10-18(17)26-20(16)14-6-8-15(9-7-14)29-21(22,23)24/h5-11,26H,2-4H2,1H3. The first-order valence-corrected chi connectivity index (χ1v) is 8.78.